The third-order valence-corrected chi connectivity index (χ3v) is 7.64. The first-order valence-corrected chi connectivity index (χ1v) is 12.7. The number of rotatable bonds is 7. The second-order valence-corrected chi connectivity index (χ2v) is 9.97. The van der Waals surface area contributed by atoms with Gasteiger partial charge in [0.15, 0.2) is 5.78 Å². The third-order valence-electron chi connectivity index (χ3n) is 6.43. The van der Waals surface area contributed by atoms with Gasteiger partial charge in [0, 0.05) is 32.6 Å². The first-order valence-electron chi connectivity index (χ1n) is 11.9. The number of carbonyl (C=O) groups is 1. The molecule has 0 saturated carbocycles. The molecule has 1 aliphatic heterocycles. The van der Waals surface area contributed by atoms with Crippen molar-refractivity contribution in [1.29, 1.82) is 0 Å². The summed E-state index contributed by atoms with van der Waals surface area (Å²) in [4.78, 5) is 17.0. The van der Waals surface area contributed by atoms with Crippen molar-refractivity contribution in [2.45, 2.75) is 26.2 Å². The summed E-state index contributed by atoms with van der Waals surface area (Å²) >= 11 is 1.46. The second-order valence-electron chi connectivity index (χ2n) is 8.92. The molecule has 0 aliphatic carbocycles. The number of hydrogen-bond acceptors (Lipinski definition) is 4. The van der Waals surface area contributed by atoms with Crippen LogP contribution in [0.5, 0.6) is 5.75 Å². The van der Waals surface area contributed by atoms with Gasteiger partial charge in [-0.1, -0.05) is 36.2 Å². The Hall–Kier alpha value is -3.02. The van der Waals surface area contributed by atoms with E-state index < -0.39 is 0 Å². The number of likely N-dealkylation sites (tertiary alicyclic amines) is 1. The molecule has 0 unspecified atom stereocenters. The first-order chi connectivity index (χ1) is 16.6. The van der Waals surface area contributed by atoms with Crippen LogP contribution in [0.25, 0.3) is 20.5 Å². The number of carbonyl (C=O) groups excluding carboxylic acids is 1. The minimum absolute atomic E-state index is 0.0618. The lowest BCUT2D eigenvalue weighted by atomic mass is 9.97. The minimum Gasteiger partial charge on any atom is -0.492 e. The number of ether oxygens (including phenoxy) is 1. The lowest BCUT2D eigenvalue weighted by Gasteiger charge is -2.26. The molecule has 2 heterocycles. The lowest BCUT2D eigenvalue weighted by Crippen LogP contribution is -2.33. The molecule has 1 fully saturated rings. The second kappa shape index (κ2) is 10.1. The van der Waals surface area contributed by atoms with Gasteiger partial charge >= 0.3 is 0 Å². The van der Waals surface area contributed by atoms with Crippen molar-refractivity contribution in [3.8, 4) is 16.2 Å². The van der Waals surface area contributed by atoms with E-state index >= 15 is 0 Å². The van der Waals surface area contributed by atoms with Crippen LogP contribution in [0.15, 0.2) is 66.7 Å². The predicted molar refractivity (Wildman–Crippen MR) is 138 cm³/mol. The van der Waals surface area contributed by atoms with Gasteiger partial charge in [-0.2, -0.15) is 0 Å². The summed E-state index contributed by atoms with van der Waals surface area (Å²) in [5, 5.41) is 0.786. The molecular weight excluding hydrogens is 445 g/mol. The van der Waals surface area contributed by atoms with Gasteiger partial charge in [0.05, 0.1) is 0 Å². The summed E-state index contributed by atoms with van der Waals surface area (Å²) < 4.78 is 20.6. The largest absolute Gasteiger partial charge is 0.492 e. The van der Waals surface area contributed by atoms with Crippen LogP contribution in [0.4, 0.5) is 4.39 Å². The molecule has 0 spiro atoms. The Kier molecular flexibility index (Phi) is 6.75. The van der Waals surface area contributed by atoms with Crippen LogP contribution in [0, 0.1) is 12.7 Å². The first kappa shape index (κ1) is 22.8. The monoisotopic (exact) mass is 473 g/mol. The predicted octanol–water partition coefficient (Wildman–Crippen LogP) is 7.11. The van der Waals surface area contributed by atoms with E-state index in [1.54, 1.807) is 6.07 Å². The van der Waals surface area contributed by atoms with Crippen LogP contribution in [0.3, 0.4) is 0 Å². The van der Waals surface area contributed by atoms with Crippen LogP contribution < -0.4 is 4.74 Å². The van der Waals surface area contributed by atoms with E-state index in [1.807, 2.05) is 55.5 Å². The zero-order valence-electron chi connectivity index (χ0n) is 19.4. The molecule has 1 aliphatic rings. The molecule has 3 nitrogen and oxygen atoms in total. The highest BCUT2D eigenvalue weighted by molar-refractivity contribution is 7.22. The number of thiophene rings is 1. The Balaban J connectivity index is 1.39. The van der Waals surface area contributed by atoms with Crippen molar-refractivity contribution in [3.63, 3.8) is 0 Å². The van der Waals surface area contributed by atoms with Gasteiger partial charge in [-0.25, -0.2) is 4.39 Å². The normalized spacial score (nSPS) is 14.4. The van der Waals surface area contributed by atoms with Gasteiger partial charge in [0.1, 0.15) is 18.2 Å². The maximum absolute atomic E-state index is 13.9. The number of nitrogens with zero attached hydrogens (tertiary/aromatic N) is 1. The van der Waals surface area contributed by atoms with E-state index in [-0.39, 0.29) is 11.6 Å². The fraction of sp³-hybridized carbons (Fsp3) is 0.276. The number of ketones is 1. The highest BCUT2D eigenvalue weighted by atomic mass is 32.1. The summed E-state index contributed by atoms with van der Waals surface area (Å²) in [6.07, 6.45) is 3.86. The maximum atomic E-state index is 13.9. The molecule has 3 aromatic carbocycles. The van der Waals surface area contributed by atoms with Gasteiger partial charge < -0.3 is 4.74 Å². The Labute approximate surface area is 203 Å². The Bertz CT molecular complexity index is 1290. The molecule has 5 heteroatoms. The number of piperidine rings is 1. The van der Waals surface area contributed by atoms with Crippen molar-refractivity contribution in [3.05, 3.63) is 89.2 Å². The van der Waals surface area contributed by atoms with Gasteiger partial charge in [0.2, 0.25) is 0 Å². The van der Waals surface area contributed by atoms with Gasteiger partial charge in [-0.3, -0.25) is 9.69 Å². The molecular formula is C29H28FNO2S. The number of aryl methyl sites for hydroxylation is 1. The average molecular weight is 474 g/mol. The average Bonchev–Trinajstić information content (AvgIpc) is 3.23. The topological polar surface area (TPSA) is 29.5 Å². The number of halogens is 1. The number of benzene rings is 3. The standard InChI is InChI=1S/C29H28FNO2S/c1-20-5-7-22(8-6-20)29-27(25-14-11-23(30)19-26(25)34-29)28(32)21-9-12-24(13-10-21)33-18-17-31-15-3-2-4-16-31/h5-14,19H,2-4,15-18H2,1H3. The lowest BCUT2D eigenvalue weighted by molar-refractivity contribution is 0.104. The molecule has 0 atom stereocenters. The molecule has 0 bridgehead atoms. The Morgan fingerprint density at radius 3 is 2.44 bits per heavy atom. The summed E-state index contributed by atoms with van der Waals surface area (Å²) in [5.41, 5.74) is 3.34. The van der Waals surface area contributed by atoms with E-state index in [4.69, 9.17) is 4.74 Å². The van der Waals surface area contributed by atoms with Gasteiger partial charge in [-0.05, 0) is 80.9 Å². The van der Waals surface area contributed by atoms with E-state index in [0.717, 1.165) is 51.5 Å². The smallest absolute Gasteiger partial charge is 0.195 e. The molecule has 1 saturated heterocycles. The highest BCUT2D eigenvalue weighted by Gasteiger charge is 2.22. The summed E-state index contributed by atoms with van der Waals surface area (Å²) in [7, 11) is 0. The summed E-state index contributed by atoms with van der Waals surface area (Å²) in [6.45, 7) is 5.91. The molecule has 0 N–H and O–H groups in total. The molecule has 0 amide bonds. The van der Waals surface area contributed by atoms with Crippen LogP contribution in [0.2, 0.25) is 0 Å². The highest BCUT2D eigenvalue weighted by Crippen LogP contribution is 2.40. The molecule has 5 rings (SSSR count). The zero-order chi connectivity index (χ0) is 23.5. The van der Waals surface area contributed by atoms with Crippen LogP contribution in [-0.4, -0.2) is 36.9 Å². The van der Waals surface area contributed by atoms with Crippen molar-refractivity contribution in [2.75, 3.05) is 26.2 Å². The van der Waals surface area contributed by atoms with Gasteiger partial charge in [-0.15, -0.1) is 11.3 Å². The molecule has 0 radical (unpaired) electrons. The van der Waals surface area contributed by atoms with Crippen LogP contribution in [-0.2, 0) is 0 Å². The van der Waals surface area contributed by atoms with Crippen LogP contribution >= 0.6 is 11.3 Å². The zero-order valence-corrected chi connectivity index (χ0v) is 20.2. The van der Waals surface area contributed by atoms with E-state index in [0.29, 0.717) is 17.7 Å². The van der Waals surface area contributed by atoms with Crippen molar-refractivity contribution >= 4 is 27.2 Å². The van der Waals surface area contributed by atoms with E-state index in [2.05, 4.69) is 4.90 Å². The fourth-order valence-corrected chi connectivity index (χ4v) is 5.76. The third kappa shape index (κ3) is 4.91. The maximum Gasteiger partial charge on any atom is 0.195 e. The Morgan fingerprint density at radius 2 is 1.71 bits per heavy atom. The van der Waals surface area contributed by atoms with E-state index in [9.17, 15) is 9.18 Å². The summed E-state index contributed by atoms with van der Waals surface area (Å²) in [5.74, 6) is 0.409. The Morgan fingerprint density at radius 1 is 0.971 bits per heavy atom. The molecule has 174 valence electrons. The molecule has 34 heavy (non-hydrogen) atoms. The van der Waals surface area contributed by atoms with E-state index in [1.165, 1.54) is 42.7 Å². The summed E-state index contributed by atoms with van der Waals surface area (Å²) in [6, 6.07) is 20.1. The fourth-order valence-electron chi connectivity index (χ4n) is 4.53. The van der Waals surface area contributed by atoms with Crippen LogP contribution in [0.1, 0.15) is 40.7 Å². The SMILES string of the molecule is Cc1ccc(-c2sc3cc(F)ccc3c2C(=O)c2ccc(OCCN3CCCCC3)cc2)cc1. The van der Waals surface area contributed by atoms with Crippen molar-refractivity contribution in [2.24, 2.45) is 0 Å². The van der Waals surface area contributed by atoms with Crippen molar-refractivity contribution in [1.82, 2.24) is 4.90 Å². The minimum atomic E-state index is -0.297. The molecule has 4 aromatic rings. The molecule has 1 aromatic heterocycles. The number of hydrogen-bond donors (Lipinski definition) is 0. The quantitative estimate of drug-likeness (QED) is 0.268. The van der Waals surface area contributed by atoms with Crippen molar-refractivity contribution < 1.29 is 13.9 Å². The van der Waals surface area contributed by atoms with Gasteiger partial charge in [0.25, 0.3) is 0 Å². The number of fused-ring (bicyclic) bond motifs is 1.